The zero-order valence-electron chi connectivity index (χ0n) is 9.90. The predicted octanol–water partition coefficient (Wildman–Crippen LogP) is 1.56. The van der Waals surface area contributed by atoms with Gasteiger partial charge < -0.3 is 9.84 Å². The van der Waals surface area contributed by atoms with Crippen molar-refractivity contribution in [3.8, 4) is 11.5 Å². The molecule has 17 heavy (non-hydrogen) atoms. The molecule has 0 aromatic heterocycles. The summed E-state index contributed by atoms with van der Waals surface area (Å²) in [5, 5.41) is 9.60. The Morgan fingerprint density at radius 2 is 2.24 bits per heavy atom. The zero-order valence-corrected chi connectivity index (χ0v) is 9.90. The summed E-state index contributed by atoms with van der Waals surface area (Å²) >= 11 is 0. The average molecular weight is 238 g/mol. The summed E-state index contributed by atoms with van der Waals surface area (Å²) in [7, 11) is 0. The highest BCUT2D eigenvalue weighted by Gasteiger charge is 2.10. The smallest absolute Gasteiger partial charge is 0.268 e. The number of nitrogens with one attached hydrogen (secondary N) is 1. The fourth-order valence-electron chi connectivity index (χ4n) is 1.41. The molecule has 0 fully saturated rings. The van der Waals surface area contributed by atoms with E-state index in [0.29, 0.717) is 12.4 Å². The monoisotopic (exact) mass is 238 g/mol. The highest BCUT2D eigenvalue weighted by Crippen LogP contribution is 2.23. The van der Waals surface area contributed by atoms with Gasteiger partial charge in [0, 0.05) is 6.07 Å². The first-order chi connectivity index (χ1) is 8.19. The molecule has 4 N–H and O–H groups in total. The second kappa shape index (κ2) is 6.75. The van der Waals surface area contributed by atoms with E-state index >= 15 is 0 Å². The molecule has 0 heterocycles. The number of nitrogens with two attached hydrogens (primary N) is 1. The Balaban J connectivity index is 2.59. The number of amides is 1. The number of nitrogen functional groups attached to an aromatic ring is 1. The Hall–Kier alpha value is -1.75. The summed E-state index contributed by atoms with van der Waals surface area (Å²) in [6.07, 6.45) is 3.21. The van der Waals surface area contributed by atoms with Crippen LogP contribution in [0.15, 0.2) is 18.2 Å². The molecule has 0 aliphatic carbocycles. The summed E-state index contributed by atoms with van der Waals surface area (Å²) in [5.74, 6) is 4.87. The third-order valence-corrected chi connectivity index (χ3v) is 2.36. The Bertz CT molecular complexity index is 380. The number of ether oxygens (including phenoxy) is 1. The van der Waals surface area contributed by atoms with Crippen LogP contribution in [0, 0.1) is 0 Å². The number of rotatable bonds is 6. The van der Waals surface area contributed by atoms with E-state index in [4.69, 9.17) is 10.6 Å². The molecule has 0 radical (unpaired) electrons. The molecule has 94 valence electrons. The molecule has 0 unspecified atom stereocenters. The fraction of sp³-hybridized carbons (Fsp3) is 0.417. The Morgan fingerprint density at radius 1 is 1.47 bits per heavy atom. The third kappa shape index (κ3) is 3.96. The Morgan fingerprint density at radius 3 is 2.82 bits per heavy atom. The second-order valence-electron chi connectivity index (χ2n) is 3.71. The number of benzene rings is 1. The van der Waals surface area contributed by atoms with Gasteiger partial charge in [-0.25, -0.2) is 5.84 Å². The summed E-state index contributed by atoms with van der Waals surface area (Å²) in [4.78, 5) is 11.2. The molecule has 0 bridgehead atoms. The zero-order chi connectivity index (χ0) is 12.7. The molecule has 1 aromatic rings. The van der Waals surface area contributed by atoms with Crippen LogP contribution >= 0.6 is 0 Å². The standard InChI is InChI=1S/C12H18N2O3/c1-2-3-4-7-17-9-5-6-10(11(15)8-9)12(16)14-13/h5-6,8,15H,2-4,7,13H2,1H3,(H,14,16). The number of carbonyl (C=O) groups excluding carboxylic acids is 1. The summed E-state index contributed by atoms with van der Waals surface area (Å²) in [6.45, 7) is 2.72. The van der Waals surface area contributed by atoms with Gasteiger partial charge in [-0.2, -0.15) is 0 Å². The van der Waals surface area contributed by atoms with Crippen molar-refractivity contribution in [3.63, 3.8) is 0 Å². The van der Waals surface area contributed by atoms with Crippen LogP contribution in [-0.2, 0) is 0 Å². The minimum atomic E-state index is -0.528. The minimum absolute atomic E-state index is 0.133. The van der Waals surface area contributed by atoms with Crippen LogP contribution in [0.2, 0.25) is 0 Å². The lowest BCUT2D eigenvalue weighted by Gasteiger charge is -2.08. The van der Waals surface area contributed by atoms with Gasteiger partial charge in [0.05, 0.1) is 12.2 Å². The molecule has 1 amide bonds. The van der Waals surface area contributed by atoms with E-state index in [1.165, 1.54) is 12.1 Å². The molecule has 0 saturated carbocycles. The lowest BCUT2D eigenvalue weighted by Crippen LogP contribution is -2.29. The number of hydrogen-bond donors (Lipinski definition) is 3. The summed E-state index contributed by atoms with van der Waals surface area (Å²) < 4.78 is 5.43. The van der Waals surface area contributed by atoms with Crippen molar-refractivity contribution in [2.45, 2.75) is 26.2 Å². The highest BCUT2D eigenvalue weighted by molar-refractivity contribution is 5.96. The van der Waals surface area contributed by atoms with Crippen LogP contribution in [0.3, 0.4) is 0 Å². The maximum Gasteiger partial charge on any atom is 0.268 e. The van der Waals surface area contributed by atoms with Crippen LogP contribution in [0.5, 0.6) is 11.5 Å². The molecule has 0 aliphatic rings. The lowest BCUT2D eigenvalue weighted by atomic mass is 10.2. The van der Waals surface area contributed by atoms with E-state index in [9.17, 15) is 9.90 Å². The largest absolute Gasteiger partial charge is 0.507 e. The topological polar surface area (TPSA) is 84.6 Å². The first kappa shape index (κ1) is 13.3. The van der Waals surface area contributed by atoms with Crippen molar-refractivity contribution in [2.24, 2.45) is 5.84 Å². The summed E-state index contributed by atoms with van der Waals surface area (Å²) in [5.41, 5.74) is 2.09. The summed E-state index contributed by atoms with van der Waals surface area (Å²) in [6, 6.07) is 4.53. The van der Waals surface area contributed by atoms with Crippen molar-refractivity contribution < 1.29 is 14.6 Å². The number of hydrogen-bond acceptors (Lipinski definition) is 4. The van der Waals surface area contributed by atoms with E-state index in [0.717, 1.165) is 19.3 Å². The van der Waals surface area contributed by atoms with Crippen molar-refractivity contribution in [2.75, 3.05) is 6.61 Å². The van der Waals surface area contributed by atoms with Gasteiger partial charge in [0.25, 0.3) is 5.91 Å². The number of aromatic hydroxyl groups is 1. The van der Waals surface area contributed by atoms with E-state index < -0.39 is 5.91 Å². The first-order valence-electron chi connectivity index (χ1n) is 5.65. The van der Waals surface area contributed by atoms with Gasteiger partial charge in [0.1, 0.15) is 11.5 Å². The third-order valence-electron chi connectivity index (χ3n) is 2.36. The number of unbranched alkanes of at least 4 members (excludes halogenated alkanes) is 2. The van der Waals surface area contributed by atoms with Gasteiger partial charge in [-0.1, -0.05) is 19.8 Å². The molecule has 0 atom stereocenters. The second-order valence-corrected chi connectivity index (χ2v) is 3.71. The van der Waals surface area contributed by atoms with Crippen LogP contribution in [0.4, 0.5) is 0 Å². The van der Waals surface area contributed by atoms with E-state index in [2.05, 4.69) is 6.92 Å². The van der Waals surface area contributed by atoms with E-state index in [1.54, 1.807) is 6.07 Å². The van der Waals surface area contributed by atoms with Crippen LogP contribution in [0.1, 0.15) is 36.5 Å². The SMILES string of the molecule is CCCCCOc1ccc(C(=O)NN)c(O)c1. The maximum atomic E-state index is 11.2. The number of carbonyl (C=O) groups is 1. The molecule has 0 spiro atoms. The molecular weight excluding hydrogens is 220 g/mol. The number of phenols is 1. The number of phenolic OH excluding ortho intramolecular Hbond substituents is 1. The van der Waals surface area contributed by atoms with Gasteiger partial charge >= 0.3 is 0 Å². The van der Waals surface area contributed by atoms with Gasteiger partial charge in [-0.15, -0.1) is 0 Å². The Labute approximate surface area is 101 Å². The van der Waals surface area contributed by atoms with Crippen molar-refractivity contribution >= 4 is 5.91 Å². The molecule has 0 aliphatic heterocycles. The molecule has 5 nitrogen and oxygen atoms in total. The normalized spacial score (nSPS) is 10.0. The van der Waals surface area contributed by atoms with Crippen molar-refractivity contribution in [3.05, 3.63) is 23.8 Å². The first-order valence-corrected chi connectivity index (χ1v) is 5.65. The molecular formula is C12H18N2O3. The molecule has 5 heteroatoms. The van der Waals surface area contributed by atoms with Crippen LogP contribution in [0.25, 0.3) is 0 Å². The molecule has 1 rings (SSSR count). The van der Waals surface area contributed by atoms with Crippen molar-refractivity contribution in [1.29, 1.82) is 0 Å². The van der Waals surface area contributed by atoms with Gasteiger partial charge in [-0.3, -0.25) is 10.2 Å². The number of hydrazine groups is 1. The minimum Gasteiger partial charge on any atom is -0.507 e. The predicted molar refractivity (Wildman–Crippen MR) is 64.8 cm³/mol. The van der Waals surface area contributed by atoms with E-state index in [-0.39, 0.29) is 11.3 Å². The van der Waals surface area contributed by atoms with E-state index in [1.807, 2.05) is 5.43 Å². The maximum absolute atomic E-state index is 11.2. The quantitative estimate of drug-likeness (QED) is 0.304. The fourth-order valence-corrected chi connectivity index (χ4v) is 1.41. The highest BCUT2D eigenvalue weighted by atomic mass is 16.5. The van der Waals surface area contributed by atoms with Gasteiger partial charge in [0.2, 0.25) is 0 Å². The Kier molecular flexibility index (Phi) is 5.29. The van der Waals surface area contributed by atoms with Crippen molar-refractivity contribution in [1.82, 2.24) is 5.43 Å². The van der Waals surface area contributed by atoms with Gasteiger partial charge in [0.15, 0.2) is 0 Å². The molecule has 1 aromatic carbocycles. The van der Waals surface area contributed by atoms with Crippen LogP contribution < -0.4 is 16.0 Å². The van der Waals surface area contributed by atoms with Crippen LogP contribution in [-0.4, -0.2) is 17.6 Å². The van der Waals surface area contributed by atoms with Gasteiger partial charge in [-0.05, 0) is 18.6 Å². The average Bonchev–Trinajstić information content (AvgIpc) is 2.34. The molecule has 0 saturated heterocycles. The lowest BCUT2D eigenvalue weighted by molar-refractivity contribution is 0.0951.